The Kier molecular flexibility index (Phi) is 4.72. The van der Waals surface area contributed by atoms with Crippen molar-refractivity contribution in [2.45, 2.75) is 25.0 Å². The van der Waals surface area contributed by atoms with E-state index in [0.29, 0.717) is 11.3 Å². The molecule has 1 aliphatic rings. The number of hydrogen-bond donors (Lipinski definition) is 3. The second-order valence-electron chi connectivity index (χ2n) is 5.98. The maximum atomic E-state index is 12.3. The van der Waals surface area contributed by atoms with Crippen molar-refractivity contribution < 1.29 is 18.3 Å². The molecule has 0 bridgehead atoms. The topological polar surface area (TPSA) is 113 Å². The molecular formula is C15H17ClN4O4S. The summed E-state index contributed by atoms with van der Waals surface area (Å²) in [6.45, 7) is 0. The van der Waals surface area contributed by atoms with Gasteiger partial charge in [0.15, 0.2) is 0 Å². The van der Waals surface area contributed by atoms with Crippen LogP contribution < -0.4 is 10.0 Å². The first kappa shape index (κ1) is 17.7. The van der Waals surface area contributed by atoms with E-state index in [9.17, 15) is 18.3 Å². The number of amides is 1. The number of nitrogens with one attached hydrogen (secondary N) is 2. The van der Waals surface area contributed by atoms with E-state index in [-0.39, 0.29) is 16.8 Å². The van der Waals surface area contributed by atoms with Gasteiger partial charge < -0.3 is 10.4 Å². The van der Waals surface area contributed by atoms with Gasteiger partial charge in [-0.15, -0.1) is 0 Å². The Hall–Kier alpha value is -2.10. The Balaban J connectivity index is 1.74. The van der Waals surface area contributed by atoms with Crippen molar-refractivity contribution in [3.8, 4) is 0 Å². The van der Waals surface area contributed by atoms with Crippen LogP contribution >= 0.6 is 11.6 Å². The molecule has 0 aliphatic heterocycles. The Morgan fingerprint density at radius 2 is 2.04 bits per heavy atom. The third kappa shape index (κ3) is 4.30. The number of halogens is 1. The van der Waals surface area contributed by atoms with E-state index < -0.39 is 22.0 Å². The summed E-state index contributed by atoms with van der Waals surface area (Å²) in [4.78, 5) is 12.3. The average Bonchev–Trinajstić information content (AvgIpc) is 2.92. The van der Waals surface area contributed by atoms with Crippen molar-refractivity contribution in [1.82, 2.24) is 9.78 Å². The number of carbonyl (C=O) groups is 1. The van der Waals surface area contributed by atoms with E-state index in [1.165, 1.54) is 24.4 Å². The molecule has 0 saturated heterocycles. The summed E-state index contributed by atoms with van der Waals surface area (Å²) in [5.74, 6) is -0.410. The van der Waals surface area contributed by atoms with E-state index >= 15 is 0 Å². The summed E-state index contributed by atoms with van der Waals surface area (Å²) in [6, 6.07) is 4.31. The molecule has 0 spiro atoms. The van der Waals surface area contributed by atoms with E-state index in [1.807, 2.05) is 0 Å². The van der Waals surface area contributed by atoms with E-state index in [4.69, 9.17) is 11.6 Å². The zero-order valence-corrected chi connectivity index (χ0v) is 14.9. The number of benzene rings is 1. The highest BCUT2D eigenvalue weighted by Gasteiger charge is 2.31. The minimum atomic E-state index is -3.46. The van der Waals surface area contributed by atoms with Gasteiger partial charge in [0.05, 0.1) is 35.8 Å². The van der Waals surface area contributed by atoms with Crippen LogP contribution in [0, 0.1) is 0 Å². The van der Waals surface area contributed by atoms with Crippen LogP contribution in [-0.4, -0.2) is 41.6 Å². The Morgan fingerprint density at radius 1 is 1.32 bits per heavy atom. The Labute approximate surface area is 149 Å². The molecule has 3 N–H and O–H groups in total. The molecule has 134 valence electrons. The highest BCUT2D eigenvalue weighted by molar-refractivity contribution is 7.92. The normalized spacial score (nSPS) is 20.0. The summed E-state index contributed by atoms with van der Waals surface area (Å²) >= 11 is 5.97. The molecule has 1 heterocycles. The van der Waals surface area contributed by atoms with Crippen LogP contribution in [0.1, 0.15) is 29.2 Å². The lowest BCUT2D eigenvalue weighted by Gasteiger charge is -2.32. The second kappa shape index (κ2) is 6.66. The van der Waals surface area contributed by atoms with Crippen LogP contribution in [0.25, 0.3) is 0 Å². The lowest BCUT2D eigenvalue weighted by Crippen LogP contribution is -2.33. The predicted octanol–water partition coefficient (Wildman–Crippen LogP) is 1.86. The van der Waals surface area contributed by atoms with Crippen LogP contribution in [-0.2, 0) is 10.0 Å². The second-order valence-corrected chi connectivity index (χ2v) is 8.16. The van der Waals surface area contributed by atoms with E-state index in [1.54, 1.807) is 10.9 Å². The molecule has 1 aliphatic carbocycles. The van der Waals surface area contributed by atoms with E-state index in [2.05, 4.69) is 15.1 Å². The minimum absolute atomic E-state index is 0.0988. The Bertz CT molecular complexity index is 912. The van der Waals surface area contributed by atoms with Crippen molar-refractivity contribution in [3.05, 3.63) is 41.2 Å². The zero-order chi connectivity index (χ0) is 18.2. The first-order valence-corrected chi connectivity index (χ1v) is 9.80. The molecule has 2 atom stereocenters. The predicted molar refractivity (Wildman–Crippen MR) is 94.4 cm³/mol. The van der Waals surface area contributed by atoms with Crippen molar-refractivity contribution in [2.24, 2.45) is 0 Å². The lowest BCUT2D eigenvalue weighted by molar-refractivity contribution is 0.0253. The SMILES string of the molecule is CS(=O)(=O)Nc1cc(Cl)cc(NC(=O)c2cnn(C3CCC3O)c2)c1. The van der Waals surface area contributed by atoms with Crippen LogP contribution in [0.15, 0.2) is 30.6 Å². The van der Waals surface area contributed by atoms with Crippen molar-refractivity contribution in [2.75, 3.05) is 16.3 Å². The zero-order valence-electron chi connectivity index (χ0n) is 13.3. The van der Waals surface area contributed by atoms with E-state index in [0.717, 1.165) is 19.1 Å². The largest absolute Gasteiger partial charge is 0.391 e. The minimum Gasteiger partial charge on any atom is -0.391 e. The van der Waals surface area contributed by atoms with Crippen LogP contribution in [0.3, 0.4) is 0 Å². The van der Waals surface area contributed by atoms with Gasteiger partial charge in [0.2, 0.25) is 10.0 Å². The quantitative estimate of drug-likeness (QED) is 0.728. The van der Waals surface area contributed by atoms with Gasteiger partial charge in [0, 0.05) is 16.9 Å². The Morgan fingerprint density at radius 3 is 2.64 bits per heavy atom. The summed E-state index contributed by atoms with van der Waals surface area (Å²) in [5.41, 5.74) is 0.926. The number of aromatic nitrogens is 2. The number of aliphatic hydroxyl groups excluding tert-OH is 1. The number of anilines is 2. The molecule has 1 aromatic carbocycles. The average molecular weight is 385 g/mol. The van der Waals surface area contributed by atoms with Gasteiger partial charge in [-0.3, -0.25) is 14.2 Å². The maximum Gasteiger partial charge on any atom is 0.258 e. The number of aliphatic hydroxyl groups is 1. The summed E-state index contributed by atoms with van der Waals surface area (Å²) < 4.78 is 26.5. The molecule has 1 saturated carbocycles. The molecule has 8 nitrogen and oxygen atoms in total. The highest BCUT2D eigenvalue weighted by Crippen LogP contribution is 2.31. The fourth-order valence-corrected chi connectivity index (χ4v) is 3.33. The van der Waals surface area contributed by atoms with Gasteiger partial charge in [0.1, 0.15) is 0 Å². The van der Waals surface area contributed by atoms with Crippen LogP contribution in [0.5, 0.6) is 0 Å². The standard InChI is InChI=1S/C15H17ClN4O4S/c1-25(23,24)19-12-5-10(16)4-11(6-12)18-15(22)9-7-17-20(8-9)13-2-3-14(13)21/h4-8,13-14,19,21H,2-3H2,1H3,(H,18,22). The molecule has 3 rings (SSSR count). The van der Waals surface area contributed by atoms with Crippen molar-refractivity contribution in [1.29, 1.82) is 0 Å². The fraction of sp³-hybridized carbons (Fsp3) is 0.333. The molecule has 1 amide bonds. The molecule has 10 heteroatoms. The molecule has 0 radical (unpaired) electrons. The third-order valence-electron chi connectivity index (χ3n) is 3.86. The number of nitrogens with zero attached hydrogens (tertiary/aromatic N) is 2. The van der Waals surface area contributed by atoms with Crippen molar-refractivity contribution in [3.63, 3.8) is 0 Å². The lowest BCUT2D eigenvalue weighted by atomic mass is 9.89. The summed E-state index contributed by atoms with van der Waals surface area (Å²) in [6.07, 6.45) is 5.12. The summed E-state index contributed by atoms with van der Waals surface area (Å²) in [5, 5.41) is 16.7. The molecule has 1 aromatic heterocycles. The van der Waals surface area contributed by atoms with Crippen LogP contribution in [0.4, 0.5) is 11.4 Å². The van der Waals surface area contributed by atoms with Gasteiger partial charge >= 0.3 is 0 Å². The number of sulfonamides is 1. The first-order valence-electron chi connectivity index (χ1n) is 7.53. The van der Waals surface area contributed by atoms with Gasteiger partial charge in [0.25, 0.3) is 5.91 Å². The number of hydrogen-bond acceptors (Lipinski definition) is 5. The maximum absolute atomic E-state index is 12.3. The fourth-order valence-electron chi connectivity index (χ4n) is 2.55. The smallest absolute Gasteiger partial charge is 0.258 e. The van der Waals surface area contributed by atoms with Crippen molar-refractivity contribution >= 4 is 38.9 Å². The van der Waals surface area contributed by atoms with Gasteiger partial charge in [-0.05, 0) is 31.0 Å². The molecule has 1 fully saturated rings. The molecule has 2 aromatic rings. The summed E-state index contributed by atoms with van der Waals surface area (Å²) in [7, 11) is -3.46. The third-order valence-corrected chi connectivity index (χ3v) is 4.69. The number of rotatable bonds is 5. The molecule has 2 unspecified atom stereocenters. The van der Waals surface area contributed by atoms with Crippen LogP contribution in [0.2, 0.25) is 5.02 Å². The highest BCUT2D eigenvalue weighted by atomic mass is 35.5. The molecular weight excluding hydrogens is 368 g/mol. The van der Waals surface area contributed by atoms with Gasteiger partial charge in [-0.1, -0.05) is 11.6 Å². The molecule has 25 heavy (non-hydrogen) atoms. The van der Waals surface area contributed by atoms with Gasteiger partial charge in [-0.2, -0.15) is 5.10 Å². The van der Waals surface area contributed by atoms with Gasteiger partial charge in [-0.25, -0.2) is 8.42 Å². The first-order chi connectivity index (χ1) is 11.7. The monoisotopic (exact) mass is 384 g/mol. The number of carbonyl (C=O) groups excluding carboxylic acids is 1.